The van der Waals surface area contributed by atoms with E-state index in [9.17, 15) is 14.7 Å². The number of nitrogens with two attached hydrogens (primary N) is 1. The Morgan fingerprint density at radius 3 is 1.06 bits per heavy atom. The number of likely N-dealkylation sites (tertiary alicyclic amines) is 2. The van der Waals surface area contributed by atoms with E-state index in [1.807, 2.05) is 205 Å². The average Bonchev–Trinajstić information content (AvgIpc) is 1.65. The zero-order chi connectivity index (χ0) is 87.7. The summed E-state index contributed by atoms with van der Waals surface area (Å²) < 4.78 is 44.1. The Morgan fingerprint density at radius 2 is 0.750 bits per heavy atom. The number of aromatic nitrogens is 6. The number of nitrogens with one attached hydrogen (secondary N) is 1. The van der Waals surface area contributed by atoms with Crippen LogP contribution in [0.15, 0.2) is 255 Å². The third-order valence-electron chi connectivity index (χ3n) is 21.9. The van der Waals surface area contributed by atoms with Crippen molar-refractivity contribution in [1.29, 1.82) is 0 Å². The number of halogens is 2. The van der Waals surface area contributed by atoms with Crippen LogP contribution >= 0.6 is 24.0 Å². The van der Waals surface area contributed by atoms with E-state index in [0.717, 1.165) is 180 Å². The van der Waals surface area contributed by atoms with Gasteiger partial charge in [0.25, 0.3) is 0 Å². The number of hydrogen-bond donors (Lipinski definition) is 3. The number of ketones is 2. The molecule has 2 aliphatic heterocycles. The van der Waals surface area contributed by atoms with E-state index < -0.39 is 5.92 Å². The summed E-state index contributed by atoms with van der Waals surface area (Å²) in [5, 5.41) is 23.6. The van der Waals surface area contributed by atoms with Gasteiger partial charge in [-0.25, -0.2) is 14.0 Å². The largest absolute Gasteiger partial charge is 0.508 e. The Morgan fingerprint density at radius 1 is 0.435 bits per heavy atom. The zero-order valence-electron chi connectivity index (χ0n) is 73.9. The molecule has 0 spiro atoms. The van der Waals surface area contributed by atoms with E-state index in [-0.39, 0.29) is 29.7 Å². The number of benzene rings is 10. The van der Waals surface area contributed by atoms with E-state index in [1.54, 1.807) is 64.8 Å². The molecule has 0 radical (unpaired) electrons. The van der Waals surface area contributed by atoms with Gasteiger partial charge in [0.05, 0.1) is 69.2 Å². The summed E-state index contributed by atoms with van der Waals surface area (Å²) >= 11 is 5.60. The van der Waals surface area contributed by atoms with E-state index >= 15 is 0 Å². The monoisotopic (exact) mass is 1710 g/mol. The number of anilines is 1. The number of hydrazine groups is 1. The number of alkyl halides is 1. The minimum Gasteiger partial charge on any atom is -0.508 e. The predicted molar refractivity (Wildman–Crippen MR) is 503 cm³/mol. The van der Waals surface area contributed by atoms with Crippen molar-refractivity contribution >= 4 is 41.3 Å². The highest BCUT2D eigenvalue weighted by Gasteiger charge is 2.24. The molecule has 20 nitrogen and oxygen atoms in total. The minimum atomic E-state index is -0.643. The molecular formula is C102H120Cl2N10O10. The summed E-state index contributed by atoms with van der Waals surface area (Å²) in [4.78, 5) is 27.7. The second-order valence-electron chi connectivity index (χ2n) is 30.5. The highest BCUT2D eigenvalue weighted by Crippen LogP contribution is 2.35. The van der Waals surface area contributed by atoms with Gasteiger partial charge in [0, 0.05) is 64.0 Å². The fourth-order valence-electron chi connectivity index (χ4n) is 15.2. The van der Waals surface area contributed by atoms with Crippen molar-refractivity contribution in [3.05, 3.63) is 306 Å². The smallest absolute Gasteiger partial charge is 0.144 e. The molecule has 2 fully saturated rings. The van der Waals surface area contributed by atoms with Crippen LogP contribution in [0.3, 0.4) is 0 Å². The maximum Gasteiger partial charge on any atom is 0.144 e. The van der Waals surface area contributed by atoms with Crippen molar-refractivity contribution < 1.29 is 47.9 Å². The van der Waals surface area contributed by atoms with Gasteiger partial charge < -0.3 is 53.5 Å². The van der Waals surface area contributed by atoms with E-state index in [0.29, 0.717) is 19.0 Å². The molecule has 0 bridgehead atoms. The fraction of sp³-hybridized carbons (Fsp3) is 0.304. The third kappa shape index (κ3) is 27.2. The number of methoxy groups -OCH3 is 4. The van der Waals surface area contributed by atoms with Crippen molar-refractivity contribution in [2.24, 2.45) is 5.84 Å². The number of Topliss-reactive ketones (excluding diaryl/α,β-unsaturated/α-hetero) is 2. The Labute approximate surface area is 743 Å². The molecule has 0 saturated carbocycles. The lowest BCUT2D eigenvalue weighted by Crippen LogP contribution is -2.28. The number of nitrogen functional groups attached to an aromatic ring is 1. The average molecular weight is 1720 g/mol. The van der Waals surface area contributed by atoms with Gasteiger partial charge >= 0.3 is 0 Å². The molecule has 13 aromatic rings. The lowest BCUT2D eigenvalue weighted by atomic mass is 9.92. The summed E-state index contributed by atoms with van der Waals surface area (Å²) in [5.41, 5.74) is 22.5. The van der Waals surface area contributed by atoms with Gasteiger partial charge in [-0.1, -0.05) is 109 Å². The molecule has 22 heteroatoms. The van der Waals surface area contributed by atoms with Crippen LogP contribution in [0.2, 0.25) is 0 Å². The normalized spacial score (nSPS) is 13.3. The molecule has 0 aliphatic carbocycles. The van der Waals surface area contributed by atoms with Gasteiger partial charge in [0.2, 0.25) is 0 Å². The molecule has 2 saturated heterocycles. The molecule has 5 heterocycles. The molecule has 3 aromatic heterocycles. The number of carbonyl (C=O) groups is 2. The van der Waals surface area contributed by atoms with Gasteiger partial charge in [0.1, 0.15) is 76.7 Å². The number of aromatic hydroxyl groups is 1. The summed E-state index contributed by atoms with van der Waals surface area (Å²) in [5.74, 6) is 11.3. The SMILES string of the molecule is CC1CCCN1CCCCl.COc1ccc(-c2c(C)nn(-c3ccc(O)cc3)c2C)cc1.COc1ccc(-c2c(C)nn(-c3ccc(OCCCN4CCCC4C)cc3)c2C)cc1.COc1ccc(-c2c(C)nn(-c3ccc(OCc4ccccc4)cc3)c2C)cc1.COc1ccc(C(C(C)=O)C(C)=O)cc1.Cl.NNc1ccc(OCc2ccccc2)cc1. The molecule has 2 aliphatic rings. The van der Waals surface area contributed by atoms with Gasteiger partial charge in [-0.3, -0.25) is 15.4 Å². The molecule has 2 atom stereocenters. The molecule has 2 unspecified atom stereocenters. The maximum atomic E-state index is 11.3. The topological polar surface area (TPSA) is 217 Å². The molecule has 652 valence electrons. The zero-order valence-corrected chi connectivity index (χ0v) is 75.5. The summed E-state index contributed by atoms with van der Waals surface area (Å²) in [6.45, 7) is 26.6. The second kappa shape index (κ2) is 48.6. The number of rotatable bonds is 28. The Balaban J connectivity index is 0.000000174. The minimum absolute atomic E-state index is 0. The van der Waals surface area contributed by atoms with Crippen molar-refractivity contribution in [3.8, 4) is 96.4 Å². The molecule has 4 N–H and O–H groups in total. The number of hydrogen-bond acceptors (Lipinski definition) is 17. The number of aryl methyl sites for hydroxylation is 3. The van der Waals surface area contributed by atoms with Gasteiger partial charge in [0.15, 0.2) is 0 Å². The number of carbonyl (C=O) groups excluding carboxylic acids is 2. The molecular weight excluding hydrogens is 1600 g/mol. The number of phenolic OH excluding ortho intramolecular Hbond substituents is 1. The number of ether oxygens (including phenoxy) is 7. The van der Waals surface area contributed by atoms with E-state index in [1.165, 1.54) is 64.7 Å². The van der Waals surface area contributed by atoms with Gasteiger partial charge in [-0.15, -0.1) is 24.0 Å². The van der Waals surface area contributed by atoms with Crippen molar-refractivity contribution in [2.45, 2.75) is 139 Å². The first-order valence-corrected chi connectivity index (χ1v) is 42.5. The second-order valence-corrected chi connectivity index (χ2v) is 30.9. The third-order valence-corrected chi connectivity index (χ3v) is 22.1. The van der Waals surface area contributed by atoms with Crippen LogP contribution in [-0.4, -0.2) is 135 Å². The first kappa shape index (κ1) is 95.7. The Bertz CT molecular complexity index is 5350. The van der Waals surface area contributed by atoms with Crippen LogP contribution in [-0.2, 0) is 22.8 Å². The standard InChI is InChI=1S/C26H33N3O2.C25H24N2O2.C18H18N2O2.C13H14N2O.C12H14O3.C8H16ClN.ClH/c1-19-7-5-16-28(19)17-6-18-31-25-14-10-23(11-15-25)29-21(3)26(20(2)27-29)22-8-12-24(30-4)13-9-22;1-18-25(21-9-13-23(28-3)14-10-21)19(2)27(26-18)22-11-15-24(16-12-22)29-17-20-7-5-4-6-8-20;1-12-18(14-4-10-17(22-3)11-5-14)13(2)20(19-12)15-6-8-16(21)9-7-15;14-15-12-6-8-13(9-7-12)16-10-11-4-2-1-3-5-11;1-8(13)12(9(2)14)10-4-6-11(15-3)7-5-10;1-8-4-2-6-10(8)7-3-5-9;/h8-15,19H,5-7,16-18H2,1-4H3;4-16H,17H2,1-3H3;4-11,21H,1-3H3;1-9,15H,10,14H2;4-7,12H,1-3H3;8H,2-7H2,1H3;1H. The van der Waals surface area contributed by atoms with E-state index in [2.05, 4.69) is 103 Å². The lowest BCUT2D eigenvalue weighted by Gasteiger charge is -2.20. The molecule has 15 rings (SSSR count). The first-order valence-electron chi connectivity index (χ1n) is 41.9. The van der Waals surface area contributed by atoms with Crippen molar-refractivity contribution in [1.82, 2.24) is 39.1 Å². The Hall–Kier alpha value is -12.2. The number of nitrogens with zero attached hydrogens (tertiary/aromatic N) is 8. The van der Waals surface area contributed by atoms with E-state index in [4.69, 9.17) is 60.8 Å². The van der Waals surface area contributed by atoms with Crippen LogP contribution < -0.4 is 44.4 Å². The molecule has 0 amide bonds. The fourth-order valence-corrected chi connectivity index (χ4v) is 15.3. The first-order chi connectivity index (χ1) is 59.6. The highest BCUT2D eigenvalue weighted by atomic mass is 35.5. The summed E-state index contributed by atoms with van der Waals surface area (Å²) in [7, 11) is 6.60. The molecule has 124 heavy (non-hydrogen) atoms. The molecule has 10 aromatic carbocycles. The summed E-state index contributed by atoms with van der Waals surface area (Å²) in [6, 6.07) is 83.8. The van der Waals surface area contributed by atoms with Crippen molar-refractivity contribution in [3.63, 3.8) is 0 Å². The van der Waals surface area contributed by atoms with Crippen LogP contribution in [0.25, 0.3) is 50.4 Å². The van der Waals surface area contributed by atoms with Gasteiger partial charge in [-0.2, -0.15) is 15.3 Å². The summed E-state index contributed by atoms with van der Waals surface area (Å²) in [6.07, 6.45) is 7.62. The van der Waals surface area contributed by atoms with Crippen LogP contribution in [0.1, 0.15) is 123 Å². The highest BCUT2D eigenvalue weighted by molar-refractivity contribution is 6.17. The quantitative estimate of drug-likeness (QED) is 0.0137. The maximum absolute atomic E-state index is 11.3. The van der Waals surface area contributed by atoms with Crippen molar-refractivity contribution in [2.75, 3.05) is 72.5 Å². The van der Waals surface area contributed by atoms with Gasteiger partial charge in [-0.05, 0) is 306 Å². The Kier molecular flexibility index (Phi) is 37.5. The van der Waals surface area contributed by atoms with Crippen LogP contribution in [0.5, 0.6) is 46.0 Å². The van der Waals surface area contributed by atoms with Crippen LogP contribution in [0, 0.1) is 41.5 Å². The predicted octanol–water partition coefficient (Wildman–Crippen LogP) is 22.1. The number of phenols is 1. The lowest BCUT2D eigenvalue weighted by molar-refractivity contribution is -0.126. The van der Waals surface area contributed by atoms with Crippen LogP contribution in [0.4, 0.5) is 5.69 Å².